The summed E-state index contributed by atoms with van der Waals surface area (Å²) >= 11 is 0. The molecule has 22 heavy (non-hydrogen) atoms. The number of halogens is 1. The SMILES string of the molecule is CCNC(=NC)NCc1cc2c(cc1OCC)CC(C)O2.I. The van der Waals surface area contributed by atoms with Crippen LogP contribution in [0.4, 0.5) is 0 Å². The average Bonchev–Trinajstić information content (AvgIpc) is 2.82. The summed E-state index contributed by atoms with van der Waals surface area (Å²) in [4.78, 5) is 4.18. The summed E-state index contributed by atoms with van der Waals surface area (Å²) < 4.78 is 11.6. The van der Waals surface area contributed by atoms with E-state index in [1.807, 2.05) is 13.8 Å². The van der Waals surface area contributed by atoms with E-state index < -0.39 is 0 Å². The Morgan fingerprint density at radius 1 is 1.36 bits per heavy atom. The second kappa shape index (κ2) is 9.07. The van der Waals surface area contributed by atoms with E-state index in [0.717, 1.165) is 36.0 Å². The molecule has 1 atom stereocenters. The Hall–Kier alpha value is -1.18. The molecule has 0 saturated carbocycles. The zero-order valence-corrected chi connectivity index (χ0v) is 16.1. The molecule has 1 aliphatic rings. The molecule has 6 heteroatoms. The van der Waals surface area contributed by atoms with Crippen LogP contribution in [0.3, 0.4) is 0 Å². The Labute approximate surface area is 149 Å². The van der Waals surface area contributed by atoms with Crippen molar-refractivity contribution in [3.8, 4) is 11.5 Å². The summed E-state index contributed by atoms with van der Waals surface area (Å²) in [6.45, 7) is 8.28. The van der Waals surface area contributed by atoms with Gasteiger partial charge < -0.3 is 20.1 Å². The van der Waals surface area contributed by atoms with Crippen LogP contribution in [-0.2, 0) is 13.0 Å². The van der Waals surface area contributed by atoms with Gasteiger partial charge >= 0.3 is 0 Å². The van der Waals surface area contributed by atoms with Crippen LogP contribution in [-0.4, -0.2) is 32.3 Å². The Morgan fingerprint density at radius 3 is 2.77 bits per heavy atom. The lowest BCUT2D eigenvalue weighted by Gasteiger charge is -2.15. The zero-order valence-electron chi connectivity index (χ0n) is 13.7. The van der Waals surface area contributed by atoms with Crippen LogP contribution in [0.1, 0.15) is 31.9 Å². The molecule has 0 spiro atoms. The Morgan fingerprint density at radius 2 is 2.14 bits per heavy atom. The van der Waals surface area contributed by atoms with E-state index in [-0.39, 0.29) is 30.1 Å². The van der Waals surface area contributed by atoms with Crippen LogP contribution in [0.15, 0.2) is 17.1 Å². The third kappa shape index (κ3) is 4.66. The molecule has 5 nitrogen and oxygen atoms in total. The van der Waals surface area contributed by atoms with Crippen molar-refractivity contribution in [3.63, 3.8) is 0 Å². The van der Waals surface area contributed by atoms with E-state index in [1.165, 1.54) is 5.56 Å². The standard InChI is InChI=1S/C16H25N3O2.HI/c1-5-18-16(17-4)19-10-13-9-15-12(7-11(3)21-15)8-14(13)20-6-2;/h8-9,11H,5-7,10H2,1-4H3,(H2,17,18,19);1H. The molecular weight excluding hydrogens is 393 g/mol. The predicted octanol–water partition coefficient (Wildman–Crippen LogP) is 2.71. The molecule has 1 aliphatic heterocycles. The largest absolute Gasteiger partial charge is 0.494 e. The number of benzene rings is 1. The lowest BCUT2D eigenvalue weighted by atomic mass is 10.1. The first-order chi connectivity index (χ1) is 10.2. The quantitative estimate of drug-likeness (QED) is 0.438. The van der Waals surface area contributed by atoms with Crippen LogP contribution < -0.4 is 20.1 Å². The van der Waals surface area contributed by atoms with Gasteiger partial charge in [0.05, 0.1) is 6.61 Å². The van der Waals surface area contributed by atoms with E-state index in [1.54, 1.807) is 7.05 Å². The Balaban J connectivity index is 0.00000242. The summed E-state index contributed by atoms with van der Waals surface area (Å²) in [7, 11) is 1.77. The highest BCUT2D eigenvalue weighted by atomic mass is 127. The smallest absolute Gasteiger partial charge is 0.191 e. The Bertz CT molecular complexity index is 520. The maximum Gasteiger partial charge on any atom is 0.191 e. The third-order valence-corrected chi connectivity index (χ3v) is 3.39. The Kier molecular flexibility index (Phi) is 7.78. The number of aliphatic imine (C=N–C) groups is 1. The molecule has 124 valence electrons. The van der Waals surface area contributed by atoms with Crippen molar-refractivity contribution < 1.29 is 9.47 Å². The van der Waals surface area contributed by atoms with Gasteiger partial charge in [-0.25, -0.2) is 0 Å². The molecule has 0 aliphatic carbocycles. The fourth-order valence-electron chi connectivity index (χ4n) is 2.48. The van der Waals surface area contributed by atoms with Crippen LogP contribution in [0.25, 0.3) is 0 Å². The number of rotatable bonds is 5. The summed E-state index contributed by atoms with van der Waals surface area (Å²) in [5.74, 6) is 2.68. The molecule has 1 aromatic carbocycles. The first-order valence-electron chi connectivity index (χ1n) is 7.57. The van der Waals surface area contributed by atoms with Crippen molar-refractivity contribution in [2.24, 2.45) is 4.99 Å². The van der Waals surface area contributed by atoms with Gasteiger partial charge in [0.1, 0.15) is 17.6 Å². The van der Waals surface area contributed by atoms with Gasteiger partial charge in [0.25, 0.3) is 0 Å². The molecule has 2 rings (SSSR count). The van der Waals surface area contributed by atoms with Gasteiger partial charge in [-0.15, -0.1) is 24.0 Å². The van der Waals surface area contributed by atoms with Crippen molar-refractivity contribution in [1.82, 2.24) is 10.6 Å². The lowest BCUT2D eigenvalue weighted by molar-refractivity contribution is 0.254. The van der Waals surface area contributed by atoms with Gasteiger partial charge in [-0.2, -0.15) is 0 Å². The maximum atomic E-state index is 5.83. The summed E-state index contributed by atoms with van der Waals surface area (Å²) in [5, 5.41) is 6.47. The van der Waals surface area contributed by atoms with Crippen LogP contribution in [0.5, 0.6) is 11.5 Å². The van der Waals surface area contributed by atoms with Gasteiger partial charge in [-0.3, -0.25) is 4.99 Å². The number of fused-ring (bicyclic) bond motifs is 1. The minimum absolute atomic E-state index is 0. The van der Waals surface area contributed by atoms with Gasteiger partial charge in [0.2, 0.25) is 0 Å². The van der Waals surface area contributed by atoms with E-state index >= 15 is 0 Å². The molecule has 0 aromatic heterocycles. The molecule has 1 unspecified atom stereocenters. The molecule has 0 bridgehead atoms. The summed E-state index contributed by atoms with van der Waals surface area (Å²) in [6, 6.07) is 4.19. The fourth-order valence-corrected chi connectivity index (χ4v) is 2.48. The highest BCUT2D eigenvalue weighted by Gasteiger charge is 2.21. The normalized spacial score (nSPS) is 16.4. The second-order valence-corrected chi connectivity index (χ2v) is 5.09. The summed E-state index contributed by atoms with van der Waals surface area (Å²) in [6.07, 6.45) is 1.19. The first-order valence-corrected chi connectivity index (χ1v) is 7.57. The maximum absolute atomic E-state index is 5.83. The zero-order chi connectivity index (χ0) is 15.2. The number of ether oxygens (including phenoxy) is 2. The van der Waals surface area contributed by atoms with Gasteiger partial charge in [0.15, 0.2) is 5.96 Å². The topological polar surface area (TPSA) is 54.9 Å². The van der Waals surface area contributed by atoms with Crippen molar-refractivity contribution >= 4 is 29.9 Å². The monoisotopic (exact) mass is 419 g/mol. The third-order valence-electron chi connectivity index (χ3n) is 3.39. The molecule has 1 heterocycles. The summed E-state index contributed by atoms with van der Waals surface area (Å²) in [5.41, 5.74) is 2.31. The number of hydrogen-bond acceptors (Lipinski definition) is 3. The minimum Gasteiger partial charge on any atom is -0.494 e. The van der Waals surface area contributed by atoms with E-state index in [4.69, 9.17) is 9.47 Å². The number of nitrogens with zero attached hydrogens (tertiary/aromatic N) is 1. The van der Waals surface area contributed by atoms with Crippen molar-refractivity contribution in [1.29, 1.82) is 0 Å². The number of guanidine groups is 1. The van der Waals surface area contributed by atoms with Crippen LogP contribution >= 0.6 is 24.0 Å². The molecule has 2 N–H and O–H groups in total. The molecule has 0 saturated heterocycles. The van der Waals surface area contributed by atoms with E-state index in [0.29, 0.717) is 13.2 Å². The lowest BCUT2D eigenvalue weighted by Crippen LogP contribution is -2.36. The van der Waals surface area contributed by atoms with Crippen molar-refractivity contribution in [2.75, 3.05) is 20.2 Å². The molecule has 0 radical (unpaired) electrons. The molecular formula is C16H26IN3O2. The molecule has 0 fully saturated rings. The first kappa shape index (κ1) is 18.9. The minimum atomic E-state index is 0. The fraction of sp³-hybridized carbons (Fsp3) is 0.562. The average molecular weight is 419 g/mol. The van der Waals surface area contributed by atoms with Crippen LogP contribution in [0, 0.1) is 0 Å². The van der Waals surface area contributed by atoms with Gasteiger partial charge in [-0.05, 0) is 32.9 Å². The van der Waals surface area contributed by atoms with Crippen molar-refractivity contribution in [3.05, 3.63) is 23.3 Å². The van der Waals surface area contributed by atoms with Gasteiger partial charge in [-0.1, -0.05) is 0 Å². The highest BCUT2D eigenvalue weighted by molar-refractivity contribution is 14.0. The van der Waals surface area contributed by atoms with E-state index in [2.05, 4.69) is 34.7 Å². The second-order valence-electron chi connectivity index (χ2n) is 5.09. The molecule has 0 amide bonds. The van der Waals surface area contributed by atoms with Crippen LogP contribution in [0.2, 0.25) is 0 Å². The van der Waals surface area contributed by atoms with E-state index in [9.17, 15) is 0 Å². The molecule has 1 aromatic rings. The number of nitrogens with one attached hydrogen (secondary N) is 2. The number of hydrogen-bond donors (Lipinski definition) is 2. The van der Waals surface area contributed by atoms with Gasteiger partial charge in [0, 0.05) is 37.7 Å². The van der Waals surface area contributed by atoms with Crippen molar-refractivity contribution in [2.45, 2.75) is 39.8 Å². The highest BCUT2D eigenvalue weighted by Crippen LogP contribution is 2.35. The predicted molar refractivity (Wildman–Crippen MR) is 101 cm³/mol.